The van der Waals surface area contributed by atoms with Gasteiger partial charge in [0.25, 0.3) is 0 Å². The van der Waals surface area contributed by atoms with Gasteiger partial charge in [-0.3, -0.25) is 4.68 Å². The van der Waals surface area contributed by atoms with Gasteiger partial charge in [0.05, 0.1) is 30.6 Å². The Morgan fingerprint density at radius 3 is 2.91 bits per heavy atom. The van der Waals surface area contributed by atoms with Crippen molar-refractivity contribution in [3.63, 3.8) is 0 Å². The van der Waals surface area contributed by atoms with Crippen LogP contribution < -0.4 is 20.7 Å². The number of methoxy groups -OCH3 is 1. The first-order valence-electron chi connectivity index (χ1n) is 10.9. The van der Waals surface area contributed by atoms with Crippen molar-refractivity contribution in [1.82, 2.24) is 25.4 Å². The molecule has 0 saturated carbocycles. The van der Waals surface area contributed by atoms with E-state index in [1.807, 2.05) is 31.7 Å². The lowest BCUT2D eigenvalue weighted by Crippen LogP contribution is -2.23. The first-order chi connectivity index (χ1) is 15.6. The SMILES string of the molecule is COc1cccc(F)c1C1=CNC(c2ccc(-c3cnn(C)c3)c(N[C@@H]3CCNC3)n2)C1. The van der Waals surface area contributed by atoms with Gasteiger partial charge in [0.2, 0.25) is 0 Å². The molecule has 0 aliphatic carbocycles. The Bertz CT molecular complexity index is 1150. The summed E-state index contributed by atoms with van der Waals surface area (Å²) < 4.78 is 21.7. The zero-order valence-corrected chi connectivity index (χ0v) is 18.2. The highest BCUT2D eigenvalue weighted by atomic mass is 19.1. The van der Waals surface area contributed by atoms with Gasteiger partial charge in [-0.1, -0.05) is 6.07 Å². The normalized spacial score (nSPS) is 20.2. The zero-order chi connectivity index (χ0) is 22.1. The molecule has 0 amide bonds. The quantitative estimate of drug-likeness (QED) is 0.552. The molecule has 0 bridgehead atoms. The van der Waals surface area contributed by atoms with Gasteiger partial charge < -0.3 is 20.7 Å². The maximum Gasteiger partial charge on any atom is 0.134 e. The zero-order valence-electron chi connectivity index (χ0n) is 18.2. The number of aryl methyl sites for hydroxylation is 1. The van der Waals surface area contributed by atoms with Crippen LogP contribution in [0, 0.1) is 5.82 Å². The molecule has 32 heavy (non-hydrogen) atoms. The standard InChI is InChI=1S/C24H27FN6O/c1-31-14-16(12-28-31)18-6-7-20(30-24(18)29-17-8-9-26-13-17)21-10-15(11-27-21)23-19(25)4-3-5-22(23)32-2/h3-7,11-12,14,17,21,26-27H,8-10,13H2,1-2H3,(H,29,30)/t17-,21?/m1/s1. The number of rotatable bonds is 6. The number of hydrogen-bond acceptors (Lipinski definition) is 6. The number of aromatic nitrogens is 3. The Balaban J connectivity index is 1.43. The van der Waals surface area contributed by atoms with E-state index in [0.29, 0.717) is 23.8 Å². The molecule has 2 aliphatic rings. The van der Waals surface area contributed by atoms with Gasteiger partial charge in [0.15, 0.2) is 0 Å². The van der Waals surface area contributed by atoms with Crippen molar-refractivity contribution < 1.29 is 9.13 Å². The van der Waals surface area contributed by atoms with E-state index in [1.165, 1.54) is 6.07 Å². The average Bonchev–Trinajstić information content (AvgIpc) is 3.56. The summed E-state index contributed by atoms with van der Waals surface area (Å²) in [4.78, 5) is 5.00. The van der Waals surface area contributed by atoms with Crippen molar-refractivity contribution in [3.05, 3.63) is 66.0 Å². The van der Waals surface area contributed by atoms with Crippen molar-refractivity contribution >= 4 is 11.4 Å². The predicted octanol–water partition coefficient (Wildman–Crippen LogP) is 3.48. The van der Waals surface area contributed by atoms with E-state index < -0.39 is 0 Å². The topological polar surface area (TPSA) is 76.0 Å². The van der Waals surface area contributed by atoms with Gasteiger partial charge in [0.1, 0.15) is 17.4 Å². The Morgan fingerprint density at radius 1 is 1.25 bits per heavy atom. The van der Waals surface area contributed by atoms with Crippen LogP contribution in [-0.2, 0) is 7.05 Å². The first-order valence-corrected chi connectivity index (χ1v) is 10.9. The molecule has 2 atom stereocenters. The number of halogens is 1. The Kier molecular flexibility index (Phi) is 5.53. The lowest BCUT2D eigenvalue weighted by molar-refractivity contribution is 0.409. The van der Waals surface area contributed by atoms with Crippen molar-refractivity contribution in [2.45, 2.75) is 24.9 Å². The Labute approximate surface area is 186 Å². The average molecular weight is 435 g/mol. The second-order valence-corrected chi connectivity index (χ2v) is 8.28. The smallest absolute Gasteiger partial charge is 0.134 e. The van der Waals surface area contributed by atoms with Crippen LogP contribution >= 0.6 is 0 Å². The Hall–Kier alpha value is -3.39. The fourth-order valence-corrected chi connectivity index (χ4v) is 4.43. The molecular weight excluding hydrogens is 407 g/mol. The second-order valence-electron chi connectivity index (χ2n) is 8.28. The summed E-state index contributed by atoms with van der Waals surface area (Å²) in [5, 5.41) is 14.7. The molecule has 3 N–H and O–H groups in total. The number of benzene rings is 1. The second kappa shape index (κ2) is 8.63. The minimum atomic E-state index is -0.283. The molecule has 0 radical (unpaired) electrons. The van der Waals surface area contributed by atoms with Gasteiger partial charge in [-0.15, -0.1) is 0 Å². The molecule has 1 fully saturated rings. The third-order valence-electron chi connectivity index (χ3n) is 6.09. The lowest BCUT2D eigenvalue weighted by atomic mass is 9.98. The van der Waals surface area contributed by atoms with Crippen LogP contribution in [0.1, 0.15) is 30.1 Å². The number of nitrogens with one attached hydrogen (secondary N) is 3. The highest BCUT2D eigenvalue weighted by Crippen LogP contribution is 2.38. The van der Waals surface area contributed by atoms with E-state index in [1.54, 1.807) is 23.9 Å². The highest BCUT2D eigenvalue weighted by molar-refractivity contribution is 5.76. The summed E-state index contributed by atoms with van der Waals surface area (Å²) in [6, 6.07) is 9.32. The molecule has 0 spiro atoms. The number of hydrogen-bond donors (Lipinski definition) is 3. The molecule has 1 aromatic carbocycles. The summed E-state index contributed by atoms with van der Waals surface area (Å²) in [7, 11) is 3.47. The van der Waals surface area contributed by atoms with Crippen LogP contribution in [0.3, 0.4) is 0 Å². The first kappa shape index (κ1) is 20.5. The van der Waals surface area contributed by atoms with E-state index >= 15 is 0 Å². The molecule has 4 heterocycles. The van der Waals surface area contributed by atoms with Crippen LogP contribution in [0.2, 0.25) is 0 Å². The largest absolute Gasteiger partial charge is 0.496 e. The molecule has 166 valence electrons. The molecule has 2 aromatic heterocycles. The lowest BCUT2D eigenvalue weighted by Gasteiger charge is -2.19. The molecule has 3 aromatic rings. The highest BCUT2D eigenvalue weighted by Gasteiger charge is 2.26. The van der Waals surface area contributed by atoms with Crippen molar-refractivity contribution in [2.24, 2.45) is 7.05 Å². The van der Waals surface area contributed by atoms with Crippen molar-refractivity contribution in [2.75, 3.05) is 25.5 Å². The van der Waals surface area contributed by atoms with E-state index in [-0.39, 0.29) is 11.9 Å². The fraction of sp³-hybridized carbons (Fsp3) is 0.333. The predicted molar refractivity (Wildman–Crippen MR) is 123 cm³/mol. The monoisotopic (exact) mass is 434 g/mol. The molecule has 1 unspecified atom stereocenters. The summed E-state index contributed by atoms with van der Waals surface area (Å²) in [5.74, 6) is 1.10. The fourth-order valence-electron chi connectivity index (χ4n) is 4.43. The van der Waals surface area contributed by atoms with Gasteiger partial charge >= 0.3 is 0 Å². The van der Waals surface area contributed by atoms with E-state index in [0.717, 1.165) is 47.7 Å². The minimum absolute atomic E-state index is 0.0421. The molecule has 7 nitrogen and oxygen atoms in total. The van der Waals surface area contributed by atoms with Crippen LogP contribution in [0.15, 0.2) is 48.9 Å². The number of ether oxygens (including phenoxy) is 1. The maximum absolute atomic E-state index is 14.6. The molecule has 1 saturated heterocycles. The van der Waals surface area contributed by atoms with Crippen LogP contribution in [0.25, 0.3) is 16.7 Å². The Morgan fingerprint density at radius 2 is 2.16 bits per heavy atom. The molecule has 8 heteroatoms. The number of anilines is 1. The van der Waals surface area contributed by atoms with Crippen LogP contribution in [-0.4, -0.2) is 41.0 Å². The van der Waals surface area contributed by atoms with Gasteiger partial charge in [-0.25, -0.2) is 9.37 Å². The van der Waals surface area contributed by atoms with Gasteiger partial charge in [-0.05, 0) is 42.8 Å². The van der Waals surface area contributed by atoms with E-state index in [4.69, 9.17) is 9.72 Å². The van der Waals surface area contributed by atoms with Crippen LogP contribution in [0.4, 0.5) is 10.2 Å². The summed E-state index contributed by atoms with van der Waals surface area (Å²) >= 11 is 0. The summed E-state index contributed by atoms with van der Waals surface area (Å²) in [5.41, 5.74) is 4.34. The molecule has 2 aliphatic heterocycles. The van der Waals surface area contributed by atoms with E-state index in [9.17, 15) is 4.39 Å². The van der Waals surface area contributed by atoms with Crippen molar-refractivity contribution in [3.8, 4) is 16.9 Å². The van der Waals surface area contributed by atoms with Crippen LogP contribution in [0.5, 0.6) is 5.75 Å². The third-order valence-corrected chi connectivity index (χ3v) is 6.09. The molecular formula is C24H27FN6O. The number of nitrogens with zero attached hydrogens (tertiary/aromatic N) is 3. The van der Waals surface area contributed by atoms with E-state index in [2.05, 4.69) is 27.1 Å². The van der Waals surface area contributed by atoms with Gasteiger partial charge in [-0.2, -0.15) is 5.10 Å². The maximum atomic E-state index is 14.6. The van der Waals surface area contributed by atoms with Gasteiger partial charge in [0, 0.05) is 49.6 Å². The minimum Gasteiger partial charge on any atom is -0.496 e. The summed E-state index contributed by atoms with van der Waals surface area (Å²) in [6.07, 6.45) is 7.40. The number of pyridine rings is 1. The summed E-state index contributed by atoms with van der Waals surface area (Å²) in [6.45, 7) is 1.92. The van der Waals surface area contributed by atoms with Crippen molar-refractivity contribution in [1.29, 1.82) is 0 Å². The third kappa shape index (κ3) is 3.93. The molecule has 5 rings (SSSR count).